The highest BCUT2D eigenvalue weighted by atomic mass is 16.4. The van der Waals surface area contributed by atoms with Gasteiger partial charge >= 0.3 is 5.63 Å². The zero-order valence-electron chi connectivity index (χ0n) is 12.1. The van der Waals surface area contributed by atoms with Crippen LogP contribution in [-0.4, -0.2) is 10.2 Å². The Morgan fingerprint density at radius 2 is 1.86 bits per heavy atom. The summed E-state index contributed by atoms with van der Waals surface area (Å²) in [4.78, 5) is 12.3. The van der Waals surface area contributed by atoms with Gasteiger partial charge in [-0.25, -0.2) is 4.79 Å². The lowest BCUT2D eigenvalue weighted by atomic mass is 9.89. The summed E-state index contributed by atoms with van der Waals surface area (Å²) >= 11 is 0. The Bertz CT molecular complexity index is 880. The molecule has 1 atom stereocenters. The maximum absolute atomic E-state index is 12.3. The second-order valence-electron chi connectivity index (χ2n) is 5.20. The first-order chi connectivity index (χ1) is 10.6. The predicted molar refractivity (Wildman–Crippen MR) is 84.4 cm³/mol. The van der Waals surface area contributed by atoms with Crippen LogP contribution in [0.3, 0.4) is 0 Å². The van der Waals surface area contributed by atoms with Gasteiger partial charge in [0, 0.05) is 5.92 Å². The minimum Gasteiger partial charge on any atom is -0.508 e. The molecule has 0 aliphatic carbocycles. The third-order valence-electron chi connectivity index (χ3n) is 3.85. The highest BCUT2D eigenvalue weighted by Crippen LogP contribution is 2.36. The quantitative estimate of drug-likeness (QED) is 0.722. The van der Waals surface area contributed by atoms with E-state index in [1.54, 1.807) is 42.5 Å². The molecule has 0 unspecified atom stereocenters. The molecule has 0 saturated heterocycles. The van der Waals surface area contributed by atoms with Crippen LogP contribution in [0, 0.1) is 0 Å². The van der Waals surface area contributed by atoms with Crippen molar-refractivity contribution >= 4 is 11.0 Å². The molecule has 3 rings (SSSR count). The first-order valence-electron chi connectivity index (χ1n) is 7.15. The number of benzene rings is 2. The summed E-state index contributed by atoms with van der Waals surface area (Å²) in [5.41, 5.74) is 0.804. The minimum atomic E-state index is -0.550. The molecule has 4 nitrogen and oxygen atoms in total. The summed E-state index contributed by atoms with van der Waals surface area (Å²) in [6.07, 6.45) is 0.597. The van der Waals surface area contributed by atoms with Gasteiger partial charge in [0.2, 0.25) is 0 Å². The molecular formula is C18H16O4. The zero-order valence-corrected chi connectivity index (χ0v) is 12.1. The van der Waals surface area contributed by atoms with Gasteiger partial charge in [-0.05, 0) is 36.2 Å². The maximum atomic E-state index is 12.3. The van der Waals surface area contributed by atoms with Crippen molar-refractivity contribution in [2.75, 3.05) is 0 Å². The topological polar surface area (TPSA) is 70.7 Å². The molecular weight excluding hydrogens is 280 g/mol. The lowest BCUT2D eigenvalue weighted by molar-refractivity contribution is 0.449. The van der Waals surface area contributed by atoms with Crippen molar-refractivity contribution in [3.05, 3.63) is 70.1 Å². The van der Waals surface area contributed by atoms with Gasteiger partial charge in [-0.1, -0.05) is 31.2 Å². The number of phenols is 1. The van der Waals surface area contributed by atoms with E-state index in [0.29, 0.717) is 17.4 Å². The van der Waals surface area contributed by atoms with E-state index in [1.165, 1.54) is 0 Å². The SMILES string of the molecule is CC[C@H](c1cccc(O)c1)c1c(O)c2ccccc2oc1=O. The number of rotatable bonds is 3. The molecule has 3 aromatic rings. The van der Waals surface area contributed by atoms with Crippen molar-refractivity contribution in [2.24, 2.45) is 0 Å². The van der Waals surface area contributed by atoms with Crippen LogP contribution in [0.5, 0.6) is 11.5 Å². The molecule has 0 spiro atoms. The van der Waals surface area contributed by atoms with Gasteiger partial charge in [0.05, 0.1) is 10.9 Å². The molecule has 0 fully saturated rings. The number of fused-ring (bicyclic) bond motifs is 1. The van der Waals surface area contributed by atoms with E-state index < -0.39 is 5.63 Å². The van der Waals surface area contributed by atoms with Gasteiger partial charge in [-0.3, -0.25) is 0 Å². The van der Waals surface area contributed by atoms with Gasteiger partial charge in [0.15, 0.2) is 0 Å². The lowest BCUT2D eigenvalue weighted by Crippen LogP contribution is -2.13. The Kier molecular flexibility index (Phi) is 3.59. The van der Waals surface area contributed by atoms with Crippen molar-refractivity contribution in [1.29, 1.82) is 0 Å². The van der Waals surface area contributed by atoms with Crippen LogP contribution in [0.25, 0.3) is 11.0 Å². The Morgan fingerprint density at radius 3 is 2.59 bits per heavy atom. The fourth-order valence-electron chi connectivity index (χ4n) is 2.80. The van der Waals surface area contributed by atoms with E-state index in [2.05, 4.69) is 0 Å². The van der Waals surface area contributed by atoms with Gasteiger partial charge < -0.3 is 14.6 Å². The smallest absolute Gasteiger partial charge is 0.343 e. The van der Waals surface area contributed by atoms with Crippen molar-refractivity contribution in [3.63, 3.8) is 0 Å². The fourth-order valence-corrected chi connectivity index (χ4v) is 2.80. The normalized spacial score (nSPS) is 12.4. The predicted octanol–water partition coefficient (Wildman–Crippen LogP) is 3.75. The van der Waals surface area contributed by atoms with Gasteiger partial charge in [0.25, 0.3) is 0 Å². The molecule has 0 bridgehead atoms. The third-order valence-corrected chi connectivity index (χ3v) is 3.85. The van der Waals surface area contributed by atoms with Crippen LogP contribution in [0.15, 0.2) is 57.7 Å². The molecule has 2 aromatic carbocycles. The summed E-state index contributed by atoms with van der Waals surface area (Å²) in [6, 6.07) is 13.6. The molecule has 0 saturated carbocycles. The molecule has 1 aromatic heterocycles. The molecule has 0 aliphatic heterocycles. The van der Waals surface area contributed by atoms with Crippen LogP contribution in [-0.2, 0) is 0 Å². The molecule has 112 valence electrons. The van der Waals surface area contributed by atoms with Crippen molar-refractivity contribution in [3.8, 4) is 11.5 Å². The minimum absolute atomic E-state index is 0.0537. The summed E-state index contributed by atoms with van der Waals surface area (Å²) in [5.74, 6) is -0.268. The summed E-state index contributed by atoms with van der Waals surface area (Å²) in [7, 11) is 0. The standard InChI is InChI=1S/C18H16O4/c1-2-13(11-6-5-7-12(19)10-11)16-17(20)14-8-3-4-9-15(14)22-18(16)21/h3-10,13,19-20H,2H2,1H3/t13-/m1/s1. The fraction of sp³-hybridized carbons (Fsp3) is 0.167. The Labute approximate surface area is 127 Å². The molecule has 0 amide bonds. The second kappa shape index (κ2) is 5.56. The highest BCUT2D eigenvalue weighted by Gasteiger charge is 2.23. The molecule has 4 heteroatoms. The summed E-state index contributed by atoms with van der Waals surface area (Å²) in [5, 5.41) is 20.7. The second-order valence-corrected chi connectivity index (χ2v) is 5.20. The van der Waals surface area contributed by atoms with E-state index in [4.69, 9.17) is 4.42 Å². The molecule has 2 N–H and O–H groups in total. The van der Waals surface area contributed by atoms with Crippen LogP contribution in [0.4, 0.5) is 0 Å². The van der Waals surface area contributed by atoms with Crippen molar-refractivity contribution in [2.45, 2.75) is 19.3 Å². The molecule has 0 aliphatic rings. The van der Waals surface area contributed by atoms with Gasteiger partial charge in [-0.15, -0.1) is 0 Å². The van der Waals surface area contributed by atoms with Crippen molar-refractivity contribution in [1.82, 2.24) is 0 Å². The summed E-state index contributed by atoms with van der Waals surface area (Å²) < 4.78 is 5.33. The maximum Gasteiger partial charge on any atom is 0.343 e. The Balaban J connectivity index is 2.25. The first-order valence-corrected chi connectivity index (χ1v) is 7.15. The lowest BCUT2D eigenvalue weighted by Gasteiger charge is -2.17. The average molecular weight is 296 g/mol. The van der Waals surface area contributed by atoms with Crippen LogP contribution in [0.2, 0.25) is 0 Å². The monoisotopic (exact) mass is 296 g/mol. The van der Waals surface area contributed by atoms with Gasteiger partial charge in [-0.2, -0.15) is 0 Å². The first kappa shape index (κ1) is 14.2. The third kappa shape index (κ3) is 2.33. The Hall–Kier alpha value is -2.75. The van der Waals surface area contributed by atoms with E-state index >= 15 is 0 Å². The van der Waals surface area contributed by atoms with Crippen LogP contribution >= 0.6 is 0 Å². The zero-order chi connectivity index (χ0) is 15.7. The highest BCUT2D eigenvalue weighted by molar-refractivity contribution is 5.84. The van der Waals surface area contributed by atoms with E-state index in [-0.39, 0.29) is 23.0 Å². The molecule has 0 radical (unpaired) electrons. The number of hydrogen-bond acceptors (Lipinski definition) is 4. The van der Waals surface area contributed by atoms with E-state index in [9.17, 15) is 15.0 Å². The molecule has 22 heavy (non-hydrogen) atoms. The van der Waals surface area contributed by atoms with Crippen LogP contribution in [0.1, 0.15) is 30.4 Å². The number of para-hydroxylation sites is 1. The van der Waals surface area contributed by atoms with Crippen LogP contribution < -0.4 is 5.63 Å². The number of aromatic hydroxyl groups is 2. The van der Waals surface area contributed by atoms with Crippen molar-refractivity contribution < 1.29 is 14.6 Å². The number of phenolic OH excluding ortho intramolecular Hbond substituents is 1. The number of hydrogen-bond donors (Lipinski definition) is 2. The Morgan fingerprint density at radius 1 is 1.09 bits per heavy atom. The van der Waals surface area contributed by atoms with E-state index in [1.807, 2.05) is 13.0 Å². The largest absolute Gasteiger partial charge is 0.508 e. The summed E-state index contributed by atoms with van der Waals surface area (Å²) in [6.45, 7) is 1.92. The van der Waals surface area contributed by atoms with E-state index in [0.717, 1.165) is 5.56 Å². The molecule has 1 heterocycles. The van der Waals surface area contributed by atoms with Gasteiger partial charge in [0.1, 0.15) is 17.1 Å². The average Bonchev–Trinajstić information content (AvgIpc) is 2.51.